The van der Waals surface area contributed by atoms with Gasteiger partial charge in [0.05, 0.1) is 5.60 Å². The number of nitrogens with zero attached hydrogens (tertiary/aromatic N) is 2. The molecule has 2 saturated carbocycles. The summed E-state index contributed by atoms with van der Waals surface area (Å²) in [5.74, 6) is 1.43. The average Bonchev–Trinajstić information content (AvgIpc) is 3.34. The van der Waals surface area contributed by atoms with E-state index < -0.39 is 5.60 Å². The molecule has 0 radical (unpaired) electrons. The SMILES string of the molecule is CN=C(NCC1(O)CCC1)NC1CCN(C(=O)C2CC2)CC1. The van der Waals surface area contributed by atoms with E-state index in [2.05, 4.69) is 15.6 Å². The van der Waals surface area contributed by atoms with Crippen LogP contribution in [0.15, 0.2) is 4.99 Å². The molecule has 0 spiro atoms. The summed E-state index contributed by atoms with van der Waals surface area (Å²) in [5.41, 5.74) is -0.544. The van der Waals surface area contributed by atoms with Gasteiger partial charge in [0, 0.05) is 38.6 Å². The number of rotatable bonds is 4. The van der Waals surface area contributed by atoms with Crippen LogP contribution in [0.1, 0.15) is 44.9 Å². The van der Waals surface area contributed by atoms with E-state index in [0.29, 0.717) is 24.4 Å². The minimum absolute atomic E-state index is 0.321. The van der Waals surface area contributed by atoms with Gasteiger partial charge in [-0.1, -0.05) is 0 Å². The Morgan fingerprint density at radius 1 is 1.27 bits per heavy atom. The highest BCUT2D eigenvalue weighted by molar-refractivity contribution is 5.81. The summed E-state index contributed by atoms with van der Waals surface area (Å²) in [5, 5.41) is 16.8. The van der Waals surface area contributed by atoms with Crippen molar-refractivity contribution in [1.82, 2.24) is 15.5 Å². The molecule has 0 aromatic rings. The fraction of sp³-hybridized carbons (Fsp3) is 0.875. The molecule has 3 rings (SSSR count). The smallest absolute Gasteiger partial charge is 0.225 e. The van der Waals surface area contributed by atoms with Crippen LogP contribution in [0.4, 0.5) is 0 Å². The van der Waals surface area contributed by atoms with Gasteiger partial charge < -0.3 is 20.6 Å². The molecule has 22 heavy (non-hydrogen) atoms. The zero-order valence-electron chi connectivity index (χ0n) is 13.5. The number of guanidine groups is 1. The lowest BCUT2D eigenvalue weighted by Gasteiger charge is -2.37. The normalized spacial score (nSPS) is 25.5. The maximum absolute atomic E-state index is 12.0. The molecule has 3 N–H and O–H groups in total. The summed E-state index contributed by atoms with van der Waals surface area (Å²) >= 11 is 0. The molecule has 2 aliphatic carbocycles. The minimum atomic E-state index is -0.544. The van der Waals surface area contributed by atoms with Gasteiger partial charge in [0.25, 0.3) is 0 Å². The van der Waals surface area contributed by atoms with Gasteiger partial charge in [0.15, 0.2) is 5.96 Å². The van der Waals surface area contributed by atoms with Crippen LogP contribution in [-0.4, -0.2) is 60.2 Å². The molecule has 3 fully saturated rings. The van der Waals surface area contributed by atoms with E-state index >= 15 is 0 Å². The fourth-order valence-corrected chi connectivity index (χ4v) is 3.23. The number of hydrogen-bond acceptors (Lipinski definition) is 3. The van der Waals surface area contributed by atoms with E-state index in [9.17, 15) is 9.90 Å². The van der Waals surface area contributed by atoms with Crippen molar-refractivity contribution >= 4 is 11.9 Å². The number of hydrogen-bond donors (Lipinski definition) is 3. The molecule has 6 heteroatoms. The van der Waals surface area contributed by atoms with Crippen molar-refractivity contribution in [3.8, 4) is 0 Å². The molecular weight excluding hydrogens is 280 g/mol. The monoisotopic (exact) mass is 308 g/mol. The molecule has 1 heterocycles. The molecule has 1 amide bonds. The van der Waals surface area contributed by atoms with Gasteiger partial charge in [-0.15, -0.1) is 0 Å². The van der Waals surface area contributed by atoms with E-state index in [-0.39, 0.29) is 0 Å². The zero-order chi connectivity index (χ0) is 15.6. The van der Waals surface area contributed by atoms with Crippen LogP contribution in [0.3, 0.4) is 0 Å². The molecule has 0 unspecified atom stereocenters. The predicted molar refractivity (Wildman–Crippen MR) is 85.6 cm³/mol. The summed E-state index contributed by atoms with van der Waals surface area (Å²) < 4.78 is 0. The summed E-state index contributed by atoms with van der Waals surface area (Å²) in [6.07, 6.45) is 6.94. The first-order valence-corrected chi connectivity index (χ1v) is 8.58. The highest BCUT2D eigenvalue weighted by Gasteiger charge is 2.36. The van der Waals surface area contributed by atoms with Crippen LogP contribution in [0, 0.1) is 5.92 Å². The largest absolute Gasteiger partial charge is 0.388 e. The molecule has 0 aromatic heterocycles. The Labute approximate surface area is 132 Å². The Kier molecular flexibility index (Phi) is 4.57. The third-order valence-corrected chi connectivity index (χ3v) is 5.17. The third-order valence-electron chi connectivity index (χ3n) is 5.17. The van der Waals surface area contributed by atoms with Gasteiger partial charge in [-0.25, -0.2) is 0 Å². The first-order chi connectivity index (χ1) is 10.6. The number of piperidine rings is 1. The Balaban J connectivity index is 1.39. The van der Waals surface area contributed by atoms with E-state index in [4.69, 9.17) is 0 Å². The van der Waals surface area contributed by atoms with E-state index in [0.717, 1.165) is 64.0 Å². The zero-order valence-corrected chi connectivity index (χ0v) is 13.5. The number of amides is 1. The van der Waals surface area contributed by atoms with Crippen molar-refractivity contribution < 1.29 is 9.90 Å². The molecule has 124 valence electrons. The number of carbonyl (C=O) groups is 1. The Bertz CT molecular complexity index is 435. The number of nitrogens with one attached hydrogen (secondary N) is 2. The summed E-state index contributed by atoms with van der Waals surface area (Å²) in [4.78, 5) is 18.3. The number of carbonyl (C=O) groups excluding carboxylic acids is 1. The highest BCUT2D eigenvalue weighted by Crippen LogP contribution is 2.32. The van der Waals surface area contributed by atoms with Crippen LogP contribution >= 0.6 is 0 Å². The van der Waals surface area contributed by atoms with Gasteiger partial charge in [0.1, 0.15) is 0 Å². The number of likely N-dealkylation sites (tertiary alicyclic amines) is 1. The molecule has 0 aromatic carbocycles. The maximum atomic E-state index is 12.0. The molecular formula is C16H28N4O2. The van der Waals surface area contributed by atoms with Crippen molar-refractivity contribution in [2.24, 2.45) is 10.9 Å². The Morgan fingerprint density at radius 3 is 2.45 bits per heavy atom. The average molecular weight is 308 g/mol. The first-order valence-electron chi connectivity index (χ1n) is 8.58. The van der Waals surface area contributed by atoms with Crippen LogP contribution in [0.2, 0.25) is 0 Å². The third kappa shape index (κ3) is 3.72. The molecule has 0 bridgehead atoms. The summed E-state index contributed by atoms with van der Waals surface area (Å²) in [7, 11) is 1.76. The summed E-state index contributed by atoms with van der Waals surface area (Å²) in [6, 6.07) is 0.352. The second-order valence-corrected chi connectivity index (χ2v) is 7.02. The van der Waals surface area contributed by atoms with Gasteiger partial charge in [-0.05, 0) is 44.9 Å². The molecule has 0 atom stereocenters. The van der Waals surface area contributed by atoms with Gasteiger partial charge in [-0.3, -0.25) is 9.79 Å². The summed E-state index contributed by atoms with van der Waals surface area (Å²) in [6.45, 7) is 2.24. The van der Waals surface area contributed by atoms with Gasteiger partial charge >= 0.3 is 0 Å². The molecule has 1 aliphatic heterocycles. The lowest BCUT2D eigenvalue weighted by Crippen LogP contribution is -2.54. The molecule has 1 saturated heterocycles. The standard InChI is InChI=1S/C16H28N4O2/c1-17-15(18-11-16(22)7-2-8-16)19-13-5-9-20(10-6-13)14(21)12-3-4-12/h12-13,22H,2-11H2,1H3,(H2,17,18,19). The van der Waals surface area contributed by atoms with Crippen molar-refractivity contribution in [2.75, 3.05) is 26.7 Å². The van der Waals surface area contributed by atoms with Crippen molar-refractivity contribution in [2.45, 2.75) is 56.6 Å². The second-order valence-electron chi connectivity index (χ2n) is 7.02. The van der Waals surface area contributed by atoms with Crippen LogP contribution in [0.25, 0.3) is 0 Å². The molecule has 3 aliphatic rings. The van der Waals surface area contributed by atoms with E-state index in [1.54, 1.807) is 7.05 Å². The second kappa shape index (κ2) is 6.44. The van der Waals surface area contributed by atoms with Crippen molar-refractivity contribution in [3.63, 3.8) is 0 Å². The Hall–Kier alpha value is -1.30. The fourth-order valence-electron chi connectivity index (χ4n) is 3.23. The lowest BCUT2D eigenvalue weighted by molar-refractivity contribution is -0.133. The quantitative estimate of drug-likeness (QED) is 0.521. The van der Waals surface area contributed by atoms with Gasteiger partial charge in [-0.2, -0.15) is 0 Å². The van der Waals surface area contributed by atoms with E-state index in [1.165, 1.54) is 0 Å². The van der Waals surface area contributed by atoms with Gasteiger partial charge in [0.2, 0.25) is 5.91 Å². The topological polar surface area (TPSA) is 77.0 Å². The van der Waals surface area contributed by atoms with Crippen molar-refractivity contribution in [3.05, 3.63) is 0 Å². The van der Waals surface area contributed by atoms with Crippen LogP contribution in [-0.2, 0) is 4.79 Å². The Morgan fingerprint density at radius 2 is 1.95 bits per heavy atom. The number of aliphatic hydroxyl groups is 1. The van der Waals surface area contributed by atoms with Crippen LogP contribution < -0.4 is 10.6 Å². The molecule has 6 nitrogen and oxygen atoms in total. The van der Waals surface area contributed by atoms with Crippen molar-refractivity contribution in [1.29, 1.82) is 0 Å². The predicted octanol–water partition coefficient (Wildman–Crippen LogP) is 0.467. The number of aliphatic imine (C=N–C) groups is 1. The highest BCUT2D eigenvalue weighted by atomic mass is 16.3. The minimum Gasteiger partial charge on any atom is -0.388 e. The first kappa shape index (κ1) is 15.6. The lowest BCUT2D eigenvalue weighted by atomic mass is 9.80. The van der Waals surface area contributed by atoms with E-state index in [1.807, 2.05) is 4.90 Å². The van der Waals surface area contributed by atoms with Crippen LogP contribution in [0.5, 0.6) is 0 Å². The maximum Gasteiger partial charge on any atom is 0.225 e.